The summed E-state index contributed by atoms with van der Waals surface area (Å²) in [4.78, 5) is 54.7. The molecular weight excluding hydrogens is 746 g/mol. The van der Waals surface area contributed by atoms with Crippen molar-refractivity contribution in [2.45, 2.75) is 44.6 Å². The van der Waals surface area contributed by atoms with Crippen molar-refractivity contribution in [1.82, 2.24) is 33.6 Å². The van der Waals surface area contributed by atoms with Crippen LogP contribution in [-0.4, -0.2) is 105 Å². The minimum Gasteiger partial charge on any atom is -0.379 e. The maximum Gasteiger partial charge on any atom is 0.277 e. The van der Waals surface area contributed by atoms with E-state index in [1.807, 2.05) is 0 Å². The number of rotatable bonds is 16. The van der Waals surface area contributed by atoms with E-state index in [1.54, 1.807) is 71.6 Å². The van der Waals surface area contributed by atoms with Crippen LogP contribution in [0.4, 0.5) is 22.1 Å². The van der Waals surface area contributed by atoms with Crippen molar-refractivity contribution >= 4 is 68.8 Å². The number of hydrogen-bond acceptors (Lipinski definition) is 10. The van der Waals surface area contributed by atoms with Gasteiger partial charge >= 0.3 is 0 Å². The maximum absolute atomic E-state index is 13.3. The zero-order valence-corrected chi connectivity index (χ0v) is 33.1. The number of amides is 4. The van der Waals surface area contributed by atoms with Crippen molar-refractivity contribution in [1.29, 1.82) is 0 Å². The maximum atomic E-state index is 13.3. The minimum atomic E-state index is -0.487. The van der Waals surface area contributed by atoms with Crippen LogP contribution in [0.25, 0.3) is 0 Å². The van der Waals surface area contributed by atoms with Crippen LogP contribution in [0.5, 0.6) is 0 Å². The molecule has 0 atom stereocenters. The first-order valence-corrected chi connectivity index (χ1v) is 19.8. The SMILES string of the molecule is Cn1cc(NC(=O)c2cc(NC(=O)c3cc(NC(=O)c4nsc(NCCCNC5CCCCC5)c4Cl)cn3C)cn2C)cc1C(=O)NCCN1CCOCC1. The molecule has 296 valence electrons. The standard InChI is InChI=1S/C37H50ClN11O5S/c1-46-21-25(18-28(46)33(50)40-12-13-49-14-16-54-17-15-49)42-34(51)29-19-26(22-47(29)2)43-35(52)30-20-27(23-48(30)3)44-36(53)32-31(38)37(55-45-32)41-11-7-10-39-24-8-5-4-6-9-24/h18-24,39,41H,4-17H2,1-3H3,(H,40,50)(H,42,51)(H,43,52)(H,44,53). The Labute approximate surface area is 329 Å². The van der Waals surface area contributed by atoms with Crippen molar-refractivity contribution in [2.75, 3.05) is 73.7 Å². The molecule has 1 saturated heterocycles. The molecular formula is C37H50ClN11O5S. The summed E-state index contributed by atoms with van der Waals surface area (Å²) in [5.41, 5.74) is 2.34. The highest BCUT2D eigenvalue weighted by Gasteiger charge is 2.22. The molecule has 0 radical (unpaired) electrons. The van der Waals surface area contributed by atoms with E-state index in [1.165, 1.54) is 32.1 Å². The highest BCUT2D eigenvalue weighted by atomic mass is 35.5. The van der Waals surface area contributed by atoms with Gasteiger partial charge in [-0.25, -0.2) is 0 Å². The molecule has 55 heavy (non-hydrogen) atoms. The summed E-state index contributed by atoms with van der Waals surface area (Å²) in [5, 5.41) is 19.2. The summed E-state index contributed by atoms with van der Waals surface area (Å²) in [6.07, 6.45) is 12.2. The number of aromatic nitrogens is 4. The van der Waals surface area contributed by atoms with E-state index < -0.39 is 17.7 Å². The van der Waals surface area contributed by atoms with Gasteiger partial charge in [-0.2, -0.15) is 4.37 Å². The van der Waals surface area contributed by atoms with Crippen LogP contribution >= 0.6 is 23.1 Å². The van der Waals surface area contributed by atoms with Crippen LogP contribution < -0.4 is 31.9 Å². The van der Waals surface area contributed by atoms with Gasteiger partial charge in [0.25, 0.3) is 23.6 Å². The van der Waals surface area contributed by atoms with E-state index in [-0.39, 0.29) is 22.3 Å². The van der Waals surface area contributed by atoms with Crippen molar-refractivity contribution in [3.8, 4) is 0 Å². The first-order valence-electron chi connectivity index (χ1n) is 18.7. The lowest BCUT2D eigenvalue weighted by Gasteiger charge is -2.26. The first kappa shape index (κ1) is 40.0. The summed E-state index contributed by atoms with van der Waals surface area (Å²) >= 11 is 7.66. The van der Waals surface area contributed by atoms with Crippen molar-refractivity contribution in [3.05, 3.63) is 64.6 Å². The Balaban J connectivity index is 0.977. The predicted molar refractivity (Wildman–Crippen MR) is 215 cm³/mol. The lowest BCUT2D eigenvalue weighted by Crippen LogP contribution is -2.41. The lowest BCUT2D eigenvalue weighted by atomic mass is 9.95. The van der Waals surface area contributed by atoms with Gasteiger partial charge in [-0.15, -0.1) is 0 Å². The van der Waals surface area contributed by atoms with E-state index in [0.29, 0.717) is 65.8 Å². The van der Waals surface area contributed by atoms with E-state index in [0.717, 1.165) is 44.1 Å². The highest BCUT2D eigenvalue weighted by molar-refractivity contribution is 7.11. The molecule has 0 spiro atoms. The van der Waals surface area contributed by atoms with Gasteiger partial charge in [0.15, 0.2) is 5.69 Å². The molecule has 2 fully saturated rings. The van der Waals surface area contributed by atoms with Crippen molar-refractivity contribution in [3.63, 3.8) is 0 Å². The molecule has 1 saturated carbocycles. The smallest absolute Gasteiger partial charge is 0.277 e. The number of nitrogens with one attached hydrogen (secondary N) is 6. The zero-order valence-electron chi connectivity index (χ0n) is 31.5. The van der Waals surface area contributed by atoms with Gasteiger partial charge in [-0.05, 0) is 55.5 Å². The number of hydrogen-bond donors (Lipinski definition) is 6. The van der Waals surface area contributed by atoms with Crippen LogP contribution in [0, 0.1) is 0 Å². The van der Waals surface area contributed by atoms with Crippen molar-refractivity contribution < 1.29 is 23.9 Å². The number of carbonyl (C=O) groups is 4. The Hall–Kier alpha value is -4.68. The third-order valence-corrected chi connectivity index (χ3v) is 11.1. The van der Waals surface area contributed by atoms with Gasteiger partial charge in [-0.3, -0.25) is 24.1 Å². The second-order valence-electron chi connectivity index (χ2n) is 14.0. The fourth-order valence-corrected chi connectivity index (χ4v) is 7.88. The molecule has 4 amide bonds. The van der Waals surface area contributed by atoms with Gasteiger partial charge in [0.05, 0.1) is 30.3 Å². The fourth-order valence-electron chi connectivity index (χ4n) is 6.83. The number of nitrogens with zero attached hydrogens (tertiary/aromatic N) is 5. The number of halogens is 1. The Morgan fingerprint density at radius 2 is 1.31 bits per heavy atom. The van der Waals surface area contributed by atoms with Crippen molar-refractivity contribution in [2.24, 2.45) is 21.1 Å². The summed E-state index contributed by atoms with van der Waals surface area (Å²) < 4.78 is 14.5. The molecule has 16 nitrogen and oxygen atoms in total. The van der Waals surface area contributed by atoms with Crippen LogP contribution in [0.2, 0.25) is 5.02 Å². The summed E-state index contributed by atoms with van der Waals surface area (Å²) in [6, 6.07) is 5.34. The zero-order chi connectivity index (χ0) is 38.9. The average Bonchev–Trinajstić information content (AvgIpc) is 3.94. The molecule has 0 aromatic carbocycles. The molecule has 0 bridgehead atoms. The molecule has 4 aromatic heterocycles. The van der Waals surface area contributed by atoms with Crippen LogP contribution in [0.3, 0.4) is 0 Å². The van der Waals surface area contributed by atoms with Gasteiger partial charge in [0.1, 0.15) is 27.1 Å². The third-order valence-electron chi connectivity index (χ3n) is 9.83. The van der Waals surface area contributed by atoms with Gasteiger partial charge < -0.3 is 50.3 Å². The molecule has 18 heteroatoms. The third kappa shape index (κ3) is 10.5. The second kappa shape index (κ2) is 18.8. The minimum absolute atomic E-state index is 0.105. The monoisotopic (exact) mass is 795 g/mol. The Morgan fingerprint density at radius 1 is 0.764 bits per heavy atom. The molecule has 5 heterocycles. The quantitative estimate of drug-likeness (QED) is 0.0900. The van der Waals surface area contributed by atoms with Crippen LogP contribution in [-0.2, 0) is 25.9 Å². The van der Waals surface area contributed by atoms with E-state index in [2.05, 4.69) is 41.2 Å². The number of morpholine rings is 1. The molecule has 1 aliphatic carbocycles. The highest BCUT2D eigenvalue weighted by Crippen LogP contribution is 2.31. The number of carbonyl (C=O) groups excluding carboxylic acids is 4. The lowest BCUT2D eigenvalue weighted by molar-refractivity contribution is 0.0383. The Bertz CT molecular complexity index is 1970. The number of aryl methyl sites for hydroxylation is 3. The molecule has 6 N–H and O–H groups in total. The van der Waals surface area contributed by atoms with E-state index in [9.17, 15) is 19.2 Å². The normalized spacial score (nSPS) is 15.1. The molecule has 1 aliphatic heterocycles. The number of ether oxygens (including phenoxy) is 1. The van der Waals surface area contributed by atoms with Crippen LogP contribution in [0.15, 0.2) is 36.8 Å². The summed E-state index contributed by atoms with van der Waals surface area (Å²) in [5.74, 6) is -1.58. The topological polar surface area (TPSA) is 181 Å². The Morgan fingerprint density at radius 3 is 1.89 bits per heavy atom. The van der Waals surface area contributed by atoms with Gasteiger partial charge in [-0.1, -0.05) is 30.9 Å². The second-order valence-corrected chi connectivity index (χ2v) is 15.1. The molecule has 2 aliphatic rings. The van der Waals surface area contributed by atoms with E-state index in [4.69, 9.17) is 16.3 Å². The summed E-state index contributed by atoms with van der Waals surface area (Å²) in [7, 11) is 5.12. The van der Waals surface area contributed by atoms with Gasteiger partial charge in [0.2, 0.25) is 0 Å². The number of anilines is 4. The predicted octanol–water partition coefficient (Wildman–Crippen LogP) is 4.36. The molecule has 6 rings (SSSR count). The van der Waals surface area contributed by atoms with Gasteiger partial charge in [0, 0.05) is 78.5 Å². The first-order chi connectivity index (χ1) is 26.5. The molecule has 4 aromatic rings. The fraction of sp³-hybridized carbons (Fsp3) is 0.486. The van der Waals surface area contributed by atoms with Crippen LogP contribution in [0.1, 0.15) is 80.5 Å². The molecule has 0 unspecified atom stereocenters. The average molecular weight is 796 g/mol. The Kier molecular flexibility index (Phi) is 13.7. The largest absolute Gasteiger partial charge is 0.379 e. The van der Waals surface area contributed by atoms with E-state index >= 15 is 0 Å². The summed E-state index contributed by atoms with van der Waals surface area (Å²) in [6.45, 7) is 5.94.